The molecule has 4 bridgehead atoms. The summed E-state index contributed by atoms with van der Waals surface area (Å²) in [6, 6.07) is 0. The van der Waals surface area contributed by atoms with Crippen molar-refractivity contribution in [2.45, 2.75) is 51.0 Å². The van der Waals surface area contributed by atoms with Crippen LogP contribution >= 0.6 is 0 Å². The van der Waals surface area contributed by atoms with Gasteiger partial charge in [-0.05, 0) is 68.6 Å². The second-order valence-corrected chi connectivity index (χ2v) is 9.31. The highest BCUT2D eigenvalue weighted by Gasteiger charge is 2.55. The monoisotopic (exact) mass is 346 g/mol. The summed E-state index contributed by atoms with van der Waals surface area (Å²) in [5, 5.41) is 13.5. The van der Waals surface area contributed by atoms with E-state index >= 15 is 0 Å². The van der Waals surface area contributed by atoms with E-state index in [0.717, 1.165) is 17.8 Å². The van der Waals surface area contributed by atoms with Gasteiger partial charge in [0.05, 0.1) is 6.61 Å². The third-order valence-corrected chi connectivity index (χ3v) is 7.42. The van der Waals surface area contributed by atoms with Crippen molar-refractivity contribution in [3.8, 4) is 0 Å². The van der Waals surface area contributed by atoms with Crippen molar-refractivity contribution >= 4 is 11.8 Å². The van der Waals surface area contributed by atoms with Crippen molar-refractivity contribution in [3.05, 3.63) is 11.3 Å². The second-order valence-electron chi connectivity index (χ2n) is 9.31. The first-order chi connectivity index (χ1) is 11.9. The van der Waals surface area contributed by atoms with Crippen LogP contribution in [0.3, 0.4) is 0 Å². The fourth-order valence-electron chi connectivity index (χ4n) is 6.61. The number of fused-ring (bicyclic) bond motifs is 1. The van der Waals surface area contributed by atoms with Gasteiger partial charge >= 0.3 is 0 Å². The predicted octanol–water partition coefficient (Wildman–Crippen LogP) is 1.72. The predicted molar refractivity (Wildman–Crippen MR) is 89.3 cm³/mol. The first-order valence-electron chi connectivity index (χ1n) is 9.52. The summed E-state index contributed by atoms with van der Waals surface area (Å²) in [4.78, 5) is 26.7. The molecule has 2 N–H and O–H groups in total. The van der Waals surface area contributed by atoms with Crippen LogP contribution in [0.4, 0.5) is 0 Å². The van der Waals surface area contributed by atoms with Crippen LogP contribution in [-0.4, -0.2) is 47.2 Å². The average molecular weight is 346 g/mol. The number of amides is 2. The Kier molecular flexibility index (Phi) is 3.13. The molecule has 6 aliphatic rings. The smallest absolute Gasteiger partial charge is 0.265 e. The number of carbonyl (C=O) groups is 2. The van der Waals surface area contributed by atoms with Crippen molar-refractivity contribution in [1.82, 2.24) is 10.2 Å². The van der Waals surface area contributed by atoms with E-state index < -0.39 is 17.4 Å². The second kappa shape index (κ2) is 5.00. The molecule has 6 rings (SSSR count). The molecule has 6 heteroatoms. The van der Waals surface area contributed by atoms with Crippen LogP contribution in [0, 0.1) is 23.2 Å². The third-order valence-electron chi connectivity index (χ3n) is 7.42. The molecule has 0 aromatic rings. The molecule has 0 radical (unpaired) electrons. The molecule has 4 aliphatic carbocycles. The Bertz CT molecular complexity index is 650. The van der Waals surface area contributed by atoms with Gasteiger partial charge in [0.1, 0.15) is 23.6 Å². The standard InChI is InChI=1S/C19H26N2O4/c1-18-9-25-10-21(18)17(24)14(15(18)22)16(23)20-8-19-5-11-2-12(6-19)4-13(3-11)7-19/h11-13,22H,2-10H2,1H3,(H,20,23)/t11?,12?,13?,18-,19?/m1/s1. The molecule has 0 unspecified atom stereocenters. The maximum Gasteiger partial charge on any atom is 0.265 e. The molecular weight excluding hydrogens is 320 g/mol. The van der Waals surface area contributed by atoms with Gasteiger partial charge < -0.3 is 15.2 Å². The fraction of sp³-hybridized carbons (Fsp3) is 0.789. The third kappa shape index (κ3) is 2.12. The zero-order valence-electron chi connectivity index (χ0n) is 14.7. The van der Waals surface area contributed by atoms with E-state index in [1.165, 1.54) is 43.4 Å². The van der Waals surface area contributed by atoms with Crippen LogP contribution in [-0.2, 0) is 14.3 Å². The van der Waals surface area contributed by atoms with Crippen molar-refractivity contribution in [2.75, 3.05) is 19.9 Å². The molecule has 0 aromatic carbocycles. The number of carbonyl (C=O) groups excluding carboxylic acids is 2. The Morgan fingerprint density at radius 1 is 1.24 bits per heavy atom. The number of hydrogen-bond acceptors (Lipinski definition) is 4. The van der Waals surface area contributed by atoms with E-state index in [2.05, 4.69) is 5.32 Å². The van der Waals surface area contributed by atoms with E-state index in [-0.39, 0.29) is 30.1 Å². The van der Waals surface area contributed by atoms with E-state index in [0.29, 0.717) is 6.54 Å². The molecular formula is C19H26N2O4. The van der Waals surface area contributed by atoms with Crippen LogP contribution in [0.15, 0.2) is 11.3 Å². The van der Waals surface area contributed by atoms with E-state index in [9.17, 15) is 14.7 Å². The topological polar surface area (TPSA) is 78.9 Å². The molecule has 2 amide bonds. The van der Waals surface area contributed by atoms with Crippen molar-refractivity contribution < 1.29 is 19.4 Å². The van der Waals surface area contributed by atoms with Crippen LogP contribution in [0.2, 0.25) is 0 Å². The molecule has 1 saturated heterocycles. The highest BCUT2D eigenvalue weighted by Crippen LogP contribution is 2.59. The molecule has 25 heavy (non-hydrogen) atoms. The Morgan fingerprint density at radius 2 is 1.84 bits per heavy atom. The van der Waals surface area contributed by atoms with Gasteiger partial charge in [-0.2, -0.15) is 0 Å². The first kappa shape index (κ1) is 15.7. The molecule has 0 spiro atoms. The minimum Gasteiger partial charge on any atom is -0.509 e. The van der Waals surface area contributed by atoms with Gasteiger partial charge in [-0.25, -0.2) is 0 Å². The van der Waals surface area contributed by atoms with E-state index in [1.807, 2.05) is 0 Å². The average Bonchev–Trinajstić information content (AvgIpc) is 3.02. The van der Waals surface area contributed by atoms with Crippen LogP contribution in [0.25, 0.3) is 0 Å². The van der Waals surface area contributed by atoms with Gasteiger partial charge in [0.2, 0.25) is 0 Å². The lowest BCUT2D eigenvalue weighted by molar-refractivity contribution is -0.131. The Hall–Kier alpha value is -1.56. The summed E-state index contributed by atoms with van der Waals surface area (Å²) in [7, 11) is 0. The number of ether oxygens (including phenoxy) is 1. The summed E-state index contributed by atoms with van der Waals surface area (Å²) in [6.07, 6.45) is 7.71. The minimum absolute atomic E-state index is 0.0875. The largest absolute Gasteiger partial charge is 0.509 e. The van der Waals surface area contributed by atoms with Gasteiger partial charge in [0, 0.05) is 6.54 Å². The maximum absolute atomic E-state index is 12.7. The molecule has 5 fully saturated rings. The number of nitrogens with one attached hydrogen (secondary N) is 1. The summed E-state index contributed by atoms with van der Waals surface area (Å²) in [5.41, 5.74) is -0.758. The summed E-state index contributed by atoms with van der Waals surface area (Å²) >= 11 is 0. The van der Waals surface area contributed by atoms with Crippen molar-refractivity contribution in [3.63, 3.8) is 0 Å². The Labute approximate surface area is 147 Å². The zero-order valence-corrected chi connectivity index (χ0v) is 14.7. The van der Waals surface area contributed by atoms with E-state index in [4.69, 9.17) is 4.74 Å². The SMILES string of the molecule is C[C@]12COCN1C(=O)C(C(=O)NCC13CC4CC(CC(C4)C1)C3)=C2O. The van der Waals surface area contributed by atoms with Crippen LogP contribution in [0.1, 0.15) is 45.4 Å². The highest BCUT2D eigenvalue weighted by atomic mass is 16.5. The Morgan fingerprint density at radius 3 is 2.40 bits per heavy atom. The molecule has 4 saturated carbocycles. The number of rotatable bonds is 3. The highest BCUT2D eigenvalue weighted by molar-refractivity contribution is 6.21. The van der Waals surface area contributed by atoms with Gasteiger partial charge in [-0.3, -0.25) is 14.5 Å². The number of nitrogens with zero attached hydrogens (tertiary/aromatic N) is 1. The lowest BCUT2D eigenvalue weighted by Gasteiger charge is -2.56. The number of aliphatic hydroxyl groups excluding tert-OH is 1. The normalized spacial score (nSPS) is 44.6. The maximum atomic E-state index is 12.7. The molecule has 2 aliphatic heterocycles. The molecule has 2 heterocycles. The Balaban J connectivity index is 1.32. The van der Waals surface area contributed by atoms with Gasteiger partial charge in [-0.1, -0.05) is 0 Å². The lowest BCUT2D eigenvalue weighted by Crippen LogP contribution is -2.51. The first-order valence-corrected chi connectivity index (χ1v) is 9.52. The molecule has 0 aromatic heterocycles. The number of aliphatic hydroxyl groups is 1. The summed E-state index contributed by atoms with van der Waals surface area (Å²) < 4.78 is 5.29. The lowest BCUT2D eigenvalue weighted by atomic mass is 9.49. The molecule has 136 valence electrons. The zero-order chi connectivity index (χ0) is 17.4. The minimum atomic E-state index is -0.884. The van der Waals surface area contributed by atoms with Crippen LogP contribution < -0.4 is 5.32 Å². The van der Waals surface area contributed by atoms with Gasteiger partial charge in [0.25, 0.3) is 11.8 Å². The van der Waals surface area contributed by atoms with Gasteiger partial charge in [0.15, 0.2) is 0 Å². The summed E-state index contributed by atoms with van der Waals surface area (Å²) in [5.74, 6) is 1.49. The quantitative estimate of drug-likeness (QED) is 0.763. The van der Waals surface area contributed by atoms with Crippen molar-refractivity contribution in [1.29, 1.82) is 0 Å². The molecule has 6 nitrogen and oxygen atoms in total. The summed E-state index contributed by atoms with van der Waals surface area (Å²) in [6.45, 7) is 2.74. The fourth-order valence-corrected chi connectivity index (χ4v) is 6.61. The number of hydrogen-bond donors (Lipinski definition) is 2. The van der Waals surface area contributed by atoms with E-state index in [1.54, 1.807) is 6.92 Å². The molecule has 1 atom stereocenters. The van der Waals surface area contributed by atoms with Crippen molar-refractivity contribution in [2.24, 2.45) is 23.2 Å². The van der Waals surface area contributed by atoms with Gasteiger partial charge in [-0.15, -0.1) is 0 Å². The van der Waals surface area contributed by atoms with Crippen LogP contribution in [0.5, 0.6) is 0 Å².